The van der Waals surface area contributed by atoms with Crippen LogP contribution in [0.25, 0.3) is 5.69 Å². The maximum atomic E-state index is 15.1. The van der Waals surface area contributed by atoms with E-state index in [1.807, 2.05) is 0 Å². The number of benzene rings is 2. The van der Waals surface area contributed by atoms with Gasteiger partial charge in [0.25, 0.3) is 11.8 Å². The largest absolute Gasteiger partial charge is 0.480 e. The molecule has 1 aliphatic rings. The van der Waals surface area contributed by atoms with Gasteiger partial charge in [-0.15, -0.1) is 5.10 Å². The van der Waals surface area contributed by atoms with Crippen LogP contribution in [-0.2, 0) is 13.0 Å². The molecule has 2 aromatic carbocycles. The summed E-state index contributed by atoms with van der Waals surface area (Å²) in [6.07, 6.45) is -8.46. The Bertz CT molecular complexity index is 1410. The average molecular weight is 536 g/mol. The van der Waals surface area contributed by atoms with E-state index in [4.69, 9.17) is 4.74 Å². The van der Waals surface area contributed by atoms with Crippen molar-refractivity contribution in [3.63, 3.8) is 0 Å². The Morgan fingerprint density at radius 3 is 2.41 bits per heavy atom. The van der Waals surface area contributed by atoms with E-state index in [0.29, 0.717) is 28.3 Å². The maximum absolute atomic E-state index is 15.1. The first-order valence-corrected chi connectivity index (χ1v) is 10.6. The lowest BCUT2D eigenvalue weighted by molar-refractivity contribution is -0.189. The number of anilines is 1. The molecule has 0 spiro atoms. The number of carbonyl (C=O) groups is 1. The fourth-order valence-electron chi connectivity index (χ4n) is 3.58. The standard InChI is InChI=1S/C22H16F8N4O3/c1-10(22(28,29)30)37-16-8-15(34-20(36)33-9-21(26,27)6-5-17(33)32-34)14(25)7-11(16)19(35)31-18-12(23)3-2-4-13(18)24/h2-4,7-8,10H,5-6,9H2,1H3,(H,31,35)/t10-/m0/s1. The lowest BCUT2D eigenvalue weighted by atomic mass is 10.1. The Balaban J connectivity index is 1.81. The molecule has 15 heteroatoms. The van der Waals surface area contributed by atoms with E-state index in [2.05, 4.69) is 5.10 Å². The van der Waals surface area contributed by atoms with Gasteiger partial charge in [-0.25, -0.2) is 26.7 Å². The number of carbonyl (C=O) groups excluding carboxylic acids is 1. The summed E-state index contributed by atoms with van der Waals surface area (Å²) in [5.41, 5.74) is -3.85. The van der Waals surface area contributed by atoms with Crippen molar-refractivity contribution in [1.82, 2.24) is 14.3 Å². The minimum atomic E-state index is -4.95. The van der Waals surface area contributed by atoms with Gasteiger partial charge in [0.2, 0.25) is 0 Å². The minimum Gasteiger partial charge on any atom is -0.480 e. The fraction of sp³-hybridized carbons (Fsp3) is 0.318. The van der Waals surface area contributed by atoms with Crippen LogP contribution in [0.4, 0.5) is 40.8 Å². The number of amides is 1. The molecule has 1 amide bonds. The third-order valence-corrected chi connectivity index (χ3v) is 5.53. The zero-order chi connectivity index (χ0) is 27.3. The third-order valence-electron chi connectivity index (χ3n) is 5.53. The van der Waals surface area contributed by atoms with Gasteiger partial charge in [-0.05, 0) is 25.1 Å². The van der Waals surface area contributed by atoms with Crippen molar-refractivity contribution in [2.45, 2.75) is 44.5 Å². The normalized spacial score (nSPS) is 15.7. The van der Waals surface area contributed by atoms with Crippen molar-refractivity contribution >= 4 is 11.6 Å². The second-order valence-electron chi connectivity index (χ2n) is 8.20. The molecule has 0 fully saturated rings. The third kappa shape index (κ3) is 5.15. The number of halogens is 8. The van der Waals surface area contributed by atoms with Crippen LogP contribution in [0.15, 0.2) is 35.1 Å². The summed E-state index contributed by atoms with van der Waals surface area (Å²) in [7, 11) is 0. The molecule has 2 heterocycles. The molecule has 0 unspecified atom stereocenters. The molecule has 198 valence electrons. The van der Waals surface area contributed by atoms with Crippen LogP contribution in [0.3, 0.4) is 0 Å². The van der Waals surface area contributed by atoms with E-state index in [-0.39, 0.29) is 12.2 Å². The molecule has 0 saturated carbocycles. The zero-order valence-corrected chi connectivity index (χ0v) is 18.7. The van der Waals surface area contributed by atoms with Crippen molar-refractivity contribution < 1.29 is 44.7 Å². The van der Waals surface area contributed by atoms with Crippen LogP contribution in [0.1, 0.15) is 29.5 Å². The highest BCUT2D eigenvalue weighted by atomic mass is 19.4. The number of aromatic nitrogens is 3. The fourth-order valence-corrected chi connectivity index (χ4v) is 3.58. The monoisotopic (exact) mass is 536 g/mol. The van der Waals surface area contributed by atoms with E-state index in [0.717, 1.165) is 18.2 Å². The molecule has 1 aromatic heterocycles. The topological polar surface area (TPSA) is 78.2 Å². The Hall–Kier alpha value is -3.91. The van der Waals surface area contributed by atoms with E-state index in [1.54, 1.807) is 5.32 Å². The van der Waals surface area contributed by atoms with Gasteiger partial charge in [-0.3, -0.25) is 9.36 Å². The summed E-state index contributed by atoms with van der Waals surface area (Å²) < 4.78 is 116. The van der Waals surface area contributed by atoms with E-state index < -0.39 is 82.9 Å². The van der Waals surface area contributed by atoms with Crippen molar-refractivity contribution in [2.24, 2.45) is 0 Å². The zero-order valence-electron chi connectivity index (χ0n) is 18.7. The van der Waals surface area contributed by atoms with Crippen molar-refractivity contribution in [3.05, 3.63) is 69.7 Å². The number of nitrogens with zero attached hydrogens (tertiary/aromatic N) is 3. The first-order chi connectivity index (χ1) is 17.2. The number of para-hydroxylation sites is 1. The highest BCUT2D eigenvalue weighted by Gasteiger charge is 2.40. The van der Waals surface area contributed by atoms with Gasteiger partial charge in [-0.2, -0.15) is 17.9 Å². The number of aryl methyl sites for hydroxylation is 1. The number of nitrogens with one attached hydrogen (secondary N) is 1. The highest BCUT2D eigenvalue weighted by molar-refractivity contribution is 6.06. The average Bonchev–Trinajstić information content (AvgIpc) is 3.11. The molecule has 1 aliphatic heterocycles. The van der Waals surface area contributed by atoms with Crippen LogP contribution in [0.5, 0.6) is 5.75 Å². The lowest BCUT2D eigenvalue weighted by Crippen LogP contribution is -2.36. The Kier molecular flexibility index (Phi) is 6.50. The molecule has 1 N–H and O–H groups in total. The molecule has 0 bridgehead atoms. The number of ether oxygens (including phenoxy) is 1. The number of hydrogen-bond donors (Lipinski definition) is 1. The molecule has 4 rings (SSSR count). The van der Waals surface area contributed by atoms with Gasteiger partial charge in [0.1, 0.15) is 40.4 Å². The second-order valence-corrected chi connectivity index (χ2v) is 8.20. The van der Waals surface area contributed by atoms with Gasteiger partial charge >= 0.3 is 11.9 Å². The van der Waals surface area contributed by atoms with Crippen LogP contribution in [0.2, 0.25) is 0 Å². The molecule has 7 nitrogen and oxygen atoms in total. The molecular weight excluding hydrogens is 520 g/mol. The summed E-state index contributed by atoms with van der Waals surface area (Å²) in [6.45, 7) is -0.462. The molecule has 0 aliphatic carbocycles. The van der Waals surface area contributed by atoms with Gasteiger partial charge in [0.15, 0.2) is 6.10 Å². The summed E-state index contributed by atoms with van der Waals surface area (Å²) in [4.78, 5) is 25.4. The molecule has 1 atom stereocenters. The first kappa shape index (κ1) is 26.2. The number of alkyl halides is 5. The summed E-state index contributed by atoms with van der Waals surface area (Å²) in [5.74, 6) is -9.52. The van der Waals surface area contributed by atoms with Crippen molar-refractivity contribution in [2.75, 3.05) is 5.32 Å². The number of fused-ring (bicyclic) bond motifs is 1. The Morgan fingerprint density at radius 2 is 1.78 bits per heavy atom. The van der Waals surface area contributed by atoms with Gasteiger partial charge in [0, 0.05) is 18.9 Å². The summed E-state index contributed by atoms with van der Waals surface area (Å²) in [6, 6.07) is 3.50. The van der Waals surface area contributed by atoms with E-state index in [9.17, 15) is 40.3 Å². The molecule has 0 saturated heterocycles. The smallest absolute Gasteiger partial charge is 0.425 e. The summed E-state index contributed by atoms with van der Waals surface area (Å²) in [5, 5.41) is 5.60. The summed E-state index contributed by atoms with van der Waals surface area (Å²) >= 11 is 0. The second kappa shape index (κ2) is 9.19. The lowest BCUT2D eigenvalue weighted by Gasteiger charge is -2.21. The van der Waals surface area contributed by atoms with Gasteiger partial charge < -0.3 is 10.1 Å². The van der Waals surface area contributed by atoms with Crippen LogP contribution in [-0.4, -0.2) is 38.5 Å². The van der Waals surface area contributed by atoms with Crippen LogP contribution in [0, 0.1) is 17.5 Å². The van der Waals surface area contributed by atoms with Crippen LogP contribution < -0.4 is 15.7 Å². The molecule has 37 heavy (non-hydrogen) atoms. The van der Waals surface area contributed by atoms with Gasteiger partial charge in [-0.1, -0.05) is 6.07 Å². The van der Waals surface area contributed by atoms with Gasteiger partial charge in [0.05, 0.1) is 12.1 Å². The quantitative estimate of drug-likeness (QED) is 0.483. The maximum Gasteiger partial charge on any atom is 0.425 e. The van der Waals surface area contributed by atoms with E-state index in [1.165, 1.54) is 0 Å². The predicted octanol–water partition coefficient (Wildman–Crippen LogP) is 4.61. The highest BCUT2D eigenvalue weighted by Crippen LogP contribution is 2.32. The van der Waals surface area contributed by atoms with E-state index >= 15 is 4.39 Å². The Labute approximate surface area is 202 Å². The number of rotatable bonds is 5. The first-order valence-electron chi connectivity index (χ1n) is 10.6. The molecule has 0 radical (unpaired) electrons. The Morgan fingerprint density at radius 1 is 1.14 bits per heavy atom. The SMILES string of the molecule is C[C@H](Oc1cc(-n2nc3n(c2=O)CC(F)(F)CC3)c(F)cc1C(=O)Nc1c(F)cccc1F)C(F)(F)F. The minimum absolute atomic E-state index is 0.113. The molecular formula is C22H16F8N4O3. The van der Waals surface area contributed by atoms with Crippen molar-refractivity contribution in [3.8, 4) is 11.4 Å². The van der Waals surface area contributed by atoms with Crippen LogP contribution >= 0.6 is 0 Å². The predicted molar refractivity (Wildman–Crippen MR) is 112 cm³/mol. The molecule has 3 aromatic rings. The number of hydrogen-bond acceptors (Lipinski definition) is 4. The van der Waals surface area contributed by atoms with Crippen molar-refractivity contribution in [1.29, 1.82) is 0 Å².